The molecule has 0 aliphatic heterocycles. The number of amides is 4. The topological polar surface area (TPSA) is 117 Å². The molecule has 3 rings (SSSR count). The van der Waals surface area contributed by atoms with Crippen LogP contribution >= 0.6 is 0 Å². The van der Waals surface area contributed by atoms with Crippen LogP contribution < -0.4 is 25.2 Å². The number of methoxy groups -OCH3 is 1. The molecular weight excluding hydrogens is 555 g/mol. The Bertz CT molecular complexity index is 1430. The predicted molar refractivity (Wildman–Crippen MR) is 163 cm³/mol. The highest BCUT2D eigenvalue weighted by atomic mass is 19.1. The molecule has 0 saturated carbocycles. The molecule has 0 unspecified atom stereocenters. The van der Waals surface area contributed by atoms with Gasteiger partial charge in [0, 0.05) is 25.0 Å². The van der Waals surface area contributed by atoms with E-state index in [1.165, 1.54) is 42.2 Å². The van der Waals surface area contributed by atoms with E-state index in [1.807, 2.05) is 13.8 Å². The van der Waals surface area contributed by atoms with Crippen LogP contribution in [-0.2, 0) is 25.5 Å². The molecule has 0 aliphatic rings. The molecule has 0 heterocycles. The number of benzene rings is 3. The lowest BCUT2D eigenvalue weighted by Crippen LogP contribution is -2.42. The SMILES string of the molecule is COC(=O)Cc1cccc(NC(=O)NCC(=O)N(CCC(C)C)c2ccccc2OCC(=O)N(C)c2cccc(F)c2)c1. The Kier molecular flexibility index (Phi) is 12.1. The molecule has 0 saturated heterocycles. The van der Waals surface area contributed by atoms with Crippen LogP contribution in [0.25, 0.3) is 0 Å². The second kappa shape index (κ2) is 15.9. The lowest BCUT2D eigenvalue weighted by molar-refractivity contribution is -0.139. The first kappa shape index (κ1) is 32.6. The second-order valence-corrected chi connectivity index (χ2v) is 10.2. The number of anilines is 3. The summed E-state index contributed by atoms with van der Waals surface area (Å²) in [6.45, 7) is 3.78. The van der Waals surface area contributed by atoms with E-state index in [9.17, 15) is 23.6 Å². The van der Waals surface area contributed by atoms with Crippen molar-refractivity contribution in [2.24, 2.45) is 5.92 Å². The number of nitrogens with zero attached hydrogens (tertiary/aromatic N) is 2. The largest absolute Gasteiger partial charge is 0.482 e. The van der Waals surface area contributed by atoms with Crippen LogP contribution in [0.2, 0.25) is 0 Å². The first-order chi connectivity index (χ1) is 20.6. The standard InChI is InChI=1S/C32H37FN4O6/c1-22(2)15-16-37(29(38)20-34-32(41)35-25-11-7-9-23(17-25)18-31(40)42-4)27-13-5-6-14-28(27)43-21-30(39)36(3)26-12-8-10-24(33)19-26/h5-14,17,19,22H,15-16,18,20-21H2,1-4H3,(H2,34,35,41). The van der Waals surface area contributed by atoms with Crippen molar-refractivity contribution >= 4 is 40.9 Å². The summed E-state index contributed by atoms with van der Waals surface area (Å²) in [5.74, 6) is -1.05. The monoisotopic (exact) mass is 592 g/mol. The van der Waals surface area contributed by atoms with Gasteiger partial charge in [0.25, 0.3) is 5.91 Å². The molecule has 0 bridgehead atoms. The van der Waals surface area contributed by atoms with Crippen molar-refractivity contribution in [2.75, 3.05) is 49.0 Å². The summed E-state index contributed by atoms with van der Waals surface area (Å²) in [4.78, 5) is 53.2. The molecule has 0 fully saturated rings. The number of hydrogen-bond acceptors (Lipinski definition) is 6. The van der Waals surface area contributed by atoms with Crippen LogP contribution in [0, 0.1) is 11.7 Å². The third-order valence-corrected chi connectivity index (χ3v) is 6.47. The Morgan fingerprint density at radius 1 is 0.930 bits per heavy atom. The minimum Gasteiger partial charge on any atom is -0.482 e. The van der Waals surface area contributed by atoms with E-state index in [0.29, 0.717) is 47.3 Å². The molecule has 43 heavy (non-hydrogen) atoms. The third-order valence-electron chi connectivity index (χ3n) is 6.47. The van der Waals surface area contributed by atoms with Crippen molar-refractivity contribution < 1.29 is 33.0 Å². The van der Waals surface area contributed by atoms with Crippen LogP contribution in [-0.4, -0.2) is 57.7 Å². The molecule has 0 spiro atoms. The van der Waals surface area contributed by atoms with Crippen LogP contribution in [0.15, 0.2) is 72.8 Å². The number of likely N-dealkylation sites (N-methyl/N-ethyl adjacent to an activating group) is 1. The van der Waals surface area contributed by atoms with E-state index in [0.717, 1.165) is 0 Å². The maximum atomic E-state index is 13.6. The number of carbonyl (C=O) groups excluding carboxylic acids is 4. The van der Waals surface area contributed by atoms with Crippen LogP contribution in [0.4, 0.5) is 26.2 Å². The van der Waals surface area contributed by atoms with Gasteiger partial charge < -0.3 is 29.9 Å². The summed E-state index contributed by atoms with van der Waals surface area (Å²) >= 11 is 0. The number of para-hydroxylation sites is 2. The Morgan fingerprint density at radius 3 is 2.40 bits per heavy atom. The third kappa shape index (κ3) is 10.1. The van der Waals surface area contributed by atoms with Crippen LogP contribution in [0.5, 0.6) is 5.75 Å². The molecule has 3 aromatic carbocycles. The van der Waals surface area contributed by atoms with Crippen molar-refractivity contribution in [3.8, 4) is 5.75 Å². The highest BCUT2D eigenvalue weighted by molar-refractivity contribution is 5.99. The smallest absolute Gasteiger partial charge is 0.319 e. The van der Waals surface area contributed by atoms with Crippen molar-refractivity contribution in [3.63, 3.8) is 0 Å². The molecule has 0 aromatic heterocycles. The maximum Gasteiger partial charge on any atom is 0.319 e. The Balaban J connectivity index is 1.67. The summed E-state index contributed by atoms with van der Waals surface area (Å²) in [5, 5.41) is 5.25. The highest BCUT2D eigenvalue weighted by Gasteiger charge is 2.22. The predicted octanol–water partition coefficient (Wildman–Crippen LogP) is 4.78. The van der Waals surface area contributed by atoms with Gasteiger partial charge in [-0.25, -0.2) is 9.18 Å². The van der Waals surface area contributed by atoms with E-state index < -0.39 is 23.7 Å². The summed E-state index contributed by atoms with van der Waals surface area (Å²) in [7, 11) is 2.83. The number of urea groups is 1. The number of nitrogens with one attached hydrogen (secondary N) is 2. The van der Waals surface area contributed by atoms with Gasteiger partial charge in [-0.05, 0) is 60.4 Å². The van der Waals surface area contributed by atoms with Gasteiger partial charge in [0.1, 0.15) is 11.6 Å². The molecule has 0 aliphatic carbocycles. The zero-order valence-electron chi connectivity index (χ0n) is 24.8. The van der Waals surface area contributed by atoms with Crippen molar-refractivity contribution in [1.82, 2.24) is 5.32 Å². The van der Waals surface area contributed by atoms with E-state index in [2.05, 4.69) is 15.4 Å². The van der Waals surface area contributed by atoms with Crippen molar-refractivity contribution in [3.05, 3.63) is 84.2 Å². The van der Waals surface area contributed by atoms with Crippen molar-refractivity contribution in [2.45, 2.75) is 26.7 Å². The number of carbonyl (C=O) groups is 4. The van der Waals surface area contributed by atoms with Gasteiger partial charge in [0.2, 0.25) is 5.91 Å². The molecule has 4 amide bonds. The lowest BCUT2D eigenvalue weighted by Gasteiger charge is -2.26. The van der Waals surface area contributed by atoms with Gasteiger partial charge >= 0.3 is 12.0 Å². The molecular formula is C32H37FN4O6. The zero-order valence-corrected chi connectivity index (χ0v) is 24.8. The Morgan fingerprint density at radius 2 is 1.67 bits per heavy atom. The Hall–Kier alpha value is -4.93. The normalized spacial score (nSPS) is 10.6. The molecule has 0 radical (unpaired) electrons. The first-order valence-electron chi connectivity index (χ1n) is 13.8. The summed E-state index contributed by atoms with van der Waals surface area (Å²) < 4.78 is 24.2. The minimum atomic E-state index is -0.595. The fourth-order valence-corrected chi connectivity index (χ4v) is 4.06. The average molecular weight is 593 g/mol. The number of rotatable bonds is 13. The summed E-state index contributed by atoms with van der Waals surface area (Å²) in [6.07, 6.45) is 0.742. The average Bonchev–Trinajstić information content (AvgIpc) is 2.99. The number of halogens is 1. The number of hydrogen-bond donors (Lipinski definition) is 2. The van der Waals surface area contributed by atoms with Gasteiger partial charge in [-0.2, -0.15) is 0 Å². The molecule has 10 nitrogen and oxygen atoms in total. The Labute approximate surface area is 250 Å². The van der Waals surface area contributed by atoms with Crippen molar-refractivity contribution in [1.29, 1.82) is 0 Å². The highest BCUT2D eigenvalue weighted by Crippen LogP contribution is 2.29. The van der Waals surface area contributed by atoms with Gasteiger partial charge in [0.05, 0.1) is 25.8 Å². The zero-order chi connectivity index (χ0) is 31.4. The molecule has 3 aromatic rings. The molecule has 0 atom stereocenters. The second-order valence-electron chi connectivity index (χ2n) is 10.2. The lowest BCUT2D eigenvalue weighted by atomic mass is 10.1. The summed E-state index contributed by atoms with van der Waals surface area (Å²) in [6, 6.07) is 18.7. The van der Waals surface area contributed by atoms with E-state index >= 15 is 0 Å². The van der Waals surface area contributed by atoms with Gasteiger partial charge in [-0.3, -0.25) is 14.4 Å². The van der Waals surface area contributed by atoms with Crippen LogP contribution in [0.1, 0.15) is 25.8 Å². The quantitative estimate of drug-likeness (QED) is 0.276. The summed E-state index contributed by atoms with van der Waals surface area (Å²) in [5.41, 5.74) is 1.95. The molecule has 2 N–H and O–H groups in total. The van der Waals surface area contributed by atoms with E-state index in [4.69, 9.17) is 4.74 Å². The van der Waals surface area contributed by atoms with Gasteiger partial charge in [0.15, 0.2) is 6.61 Å². The van der Waals surface area contributed by atoms with Gasteiger partial charge in [-0.1, -0.05) is 44.2 Å². The number of esters is 1. The van der Waals surface area contributed by atoms with Gasteiger partial charge in [-0.15, -0.1) is 0 Å². The minimum absolute atomic E-state index is 0.0606. The first-order valence-corrected chi connectivity index (χ1v) is 13.8. The molecule has 11 heteroatoms. The maximum absolute atomic E-state index is 13.6. The van der Waals surface area contributed by atoms with E-state index in [-0.39, 0.29) is 25.5 Å². The molecule has 228 valence electrons. The number of ether oxygens (including phenoxy) is 2. The fraction of sp³-hybridized carbons (Fsp3) is 0.312. The van der Waals surface area contributed by atoms with E-state index in [1.54, 1.807) is 54.6 Å². The fourth-order valence-electron chi connectivity index (χ4n) is 4.06. The van der Waals surface area contributed by atoms with Crippen LogP contribution in [0.3, 0.4) is 0 Å².